The van der Waals surface area contributed by atoms with Gasteiger partial charge < -0.3 is 19.4 Å². The number of amides is 1. The van der Waals surface area contributed by atoms with Crippen LogP contribution >= 0.6 is 0 Å². The van der Waals surface area contributed by atoms with E-state index >= 15 is 0 Å². The van der Waals surface area contributed by atoms with E-state index in [1.54, 1.807) is 16.8 Å². The Labute approximate surface area is 196 Å². The second kappa shape index (κ2) is 9.65. The number of hydrogen-bond donors (Lipinski definition) is 2. The van der Waals surface area contributed by atoms with Crippen molar-refractivity contribution in [2.75, 3.05) is 46.0 Å². The smallest absolute Gasteiger partial charge is 0.267 e. The number of pyridine rings is 2. The molecule has 2 fully saturated rings. The molecule has 0 saturated carbocycles. The lowest BCUT2D eigenvalue weighted by Crippen LogP contribution is -2.42. The predicted molar refractivity (Wildman–Crippen MR) is 126 cm³/mol. The van der Waals surface area contributed by atoms with Gasteiger partial charge in [0.25, 0.3) is 11.5 Å². The quantitative estimate of drug-likeness (QED) is 0.517. The number of nitrogens with one attached hydrogen (secondary N) is 2. The van der Waals surface area contributed by atoms with Crippen LogP contribution in [0.5, 0.6) is 0 Å². The molecule has 5 heterocycles. The van der Waals surface area contributed by atoms with Gasteiger partial charge >= 0.3 is 0 Å². The molecule has 180 valence electrons. The Bertz CT molecular complexity index is 1340. The van der Waals surface area contributed by atoms with Gasteiger partial charge in [-0.25, -0.2) is 4.98 Å². The van der Waals surface area contributed by atoms with Crippen LogP contribution in [0.4, 0.5) is 0 Å². The zero-order chi connectivity index (χ0) is 23.7. The van der Waals surface area contributed by atoms with Crippen LogP contribution in [-0.2, 0) is 16.0 Å². The van der Waals surface area contributed by atoms with Crippen LogP contribution < -0.4 is 16.4 Å². The second-order valence-corrected chi connectivity index (χ2v) is 8.95. The molecule has 10 nitrogen and oxygen atoms in total. The Morgan fingerprint density at radius 2 is 2.09 bits per heavy atom. The van der Waals surface area contributed by atoms with Gasteiger partial charge in [-0.1, -0.05) is 6.07 Å². The van der Waals surface area contributed by atoms with Crippen molar-refractivity contribution in [1.29, 1.82) is 5.41 Å². The molecule has 2 saturated heterocycles. The van der Waals surface area contributed by atoms with Crippen molar-refractivity contribution in [3.63, 3.8) is 0 Å². The van der Waals surface area contributed by atoms with Gasteiger partial charge in [0.05, 0.1) is 36.8 Å². The van der Waals surface area contributed by atoms with Crippen molar-refractivity contribution in [1.82, 2.24) is 24.2 Å². The molecule has 0 spiro atoms. The van der Waals surface area contributed by atoms with Crippen molar-refractivity contribution in [2.24, 2.45) is 0 Å². The minimum absolute atomic E-state index is 0.0373. The van der Waals surface area contributed by atoms with E-state index in [4.69, 9.17) is 19.9 Å². The Hall–Kier alpha value is -3.08. The standard InChI is InChI=1S/C24H30N6O4/c1-16-4-5-20-27-22-19(24(32)29(20)14-16)13-18(21(25)30(22)15-17-3-2-10-34-17)23(31)26-6-7-28-8-11-33-12-9-28/h4-5,13-14,17,25H,2-3,6-12,15H2,1H3,(H,26,31)/t17-/m1/s1. The number of aromatic nitrogens is 3. The minimum atomic E-state index is -0.366. The average molecular weight is 467 g/mol. The van der Waals surface area contributed by atoms with Crippen molar-refractivity contribution >= 4 is 22.6 Å². The Morgan fingerprint density at radius 1 is 1.26 bits per heavy atom. The van der Waals surface area contributed by atoms with Crippen molar-refractivity contribution in [3.05, 3.63) is 51.4 Å². The van der Waals surface area contributed by atoms with Crippen LogP contribution in [0.3, 0.4) is 0 Å². The molecule has 2 aliphatic heterocycles. The van der Waals surface area contributed by atoms with Gasteiger partial charge in [0.15, 0.2) is 0 Å². The molecule has 34 heavy (non-hydrogen) atoms. The summed E-state index contributed by atoms with van der Waals surface area (Å²) in [6, 6.07) is 5.20. The second-order valence-electron chi connectivity index (χ2n) is 8.95. The van der Waals surface area contributed by atoms with Crippen LogP contribution in [0.2, 0.25) is 0 Å². The fourth-order valence-corrected chi connectivity index (χ4v) is 4.63. The molecule has 2 N–H and O–H groups in total. The molecule has 0 bridgehead atoms. The lowest BCUT2D eigenvalue weighted by molar-refractivity contribution is 0.0383. The molecule has 0 radical (unpaired) electrons. The van der Waals surface area contributed by atoms with Gasteiger partial charge in [-0.15, -0.1) is 0 Å². The Balaban J connectivity index is 1.53. The van der Waals surface area contributed by atoms with E-state index in [9.17, 15) is 9.59 Å². The third kappa shape index (κ3) is 4.48. The van der Waals surface area contributed by atoms with Crippen LogP contribution in [0, 0.1) is 12.3 Å². The number of ether oxygens (including phenoxy) is 2. The minimum Gasteiger partial charge on any atom is -0.379 e. The average Bonchev–Trinajstić information content (AvgIpc) is 3.35. The summed E-state index contributed by atoms with van der Waals surface area (Å²) < 4.78 is 14.3. The zero-order valence-electron chi connectivity index (χ0n) is 19.4. The van der Waals surface area contributed by atoms with Gasteiger partial charge in [-0.05, 0) is 37.5 Å². The van der Waals surface area contributed by atoms with Crippen LogP contribution in [-0.4, -0.2) is 76.9 Å². The summed E-state index contributed by atoms with van der Waals surface area (Å²) in [5.74, 6) is -0.366. The normalized spacial score (nSPS) is 19.1. The fraction of sp³-hybridized carbons (Fsp3) is 0.500. The van der Waals surface area contributed by atoms with Crippen molar-refractivity contribution in [3.8, 4) is 0 Å². The highest BCUT2D eigenvalue weighted by atomic mass is 16.5. The third-order valence-electron chi connectivity index (χ3n) is 6.53. The lowest BCUT2D eigenvalue weighted by atomic mass is 10.1. The van der Waals surface area contributed by atoms with E-state index in [0.717, 1.165) is 31.5 Å². The maximum atomic E-state index is 13.4. The molecule has 10 heteroatoms. The molecule has 0 aromatic carbocycles. The third-order valence-corrected chi connectivity index (χ3v) is 6.53. The van der Waals surface area contributed by atoms with E-state index in [1.165, 1.54) is 10.5 Å². The summed E-state index contributed by atoms with van der Waals surface area (Å²) in [7, 11) is 0. The highest BCUT2D eigenvalue weighted by Gasteiger charge is 2.22. The van der Waals surface area contributed by atoms with Gasteiger partial charge in [0.2, 0.25) is 0 Å². The topological polar surface area (TPSA) is 114 Å². The number of fused-ring (bicyclic) bond motifs is 2. The summed E-state index contributed by atoms with van der Waals surface area (Å²) in [6.45, 7) is 7.20. The summed E-state index contributed by atoms with van der Waals surface area (Å²) in [5.41, 5.74) is 1.79. The number of carbonyl (C=O) groups excluding carboxylic acids is 1. The molecule has 3 aromatic rings. The summed E-state index contributed by atoms with van der Waals surface area (Å²) in [6.07, 6.45) is 3.49. The largest absolute Gasteiger partial charge is 0.379 e. The monoisotopic (exact) mass is 466 g/mol. The molecule has 2 aliphatic rings. The molecule has 1 amide bonds. The van der Waals surface area contributed by atoms with E-state index in [2.05, 4.69) is 10.2 Å². The van der Waals surface area contributed by atoms with Crippen LogP contribution in [0.25, 0.3) is 16.7 Å². The maximum Gasteiger partial charge on any atom is 0.267 e. The molecule has 0 aliphatic carbocycles. The predicted octanol–water partition coefficient (Wildman–Crippen LogP) is 0.678. The number of carbonyl (C=O) groups is 1. The van der Waals surface area contributed by atoms with Gasteiger partial charge in [-0.3, -0.25) is 24.3 Å². The van der Waals surface area contributed by atoms with E-state index in [-0.39, 0.29) is 28.6 Å². The van der Waals surface area contributed by atoms with Gasteiger partial charge in [-0.2, -0.15) is 0 Å². The maximum absolute atomic E-state index is 13.4. The number of morpholine rings is 1. The molecule has 1 atom stereocenters. The first kappa shape index (κ1) is 22.7. The Kier molecular flexibility index (Phi) is 6.44. The first-order valence-corrected chi connectivity index (χ1v) is 11.8. The first-order valence-electron chi connectivity index (χ1n) is 11.8. The van der Waals surface area contributed by atoms with E-state index < -0.39 is 0 Å². The number of rotatable bonds is 6. The molecule has 5 rings (SSSR count). The number of nitrogens with zero attached hydrogens (tertiary/aromatic N) is 4. The number of hydrogen-bond acceptors (Lipinski definition) is 7. The fourth-order valence-electron chi connectivity index (χ4n) is 4.63. The van der Waals surface area contributed by atoms with Gasteiger partial charge in [0.1, 0.15) is 16.8 Å². The Morgan fingerprint density at radius 3 is 2.85 bits per heavy atom. The zero-order valence-corrected chi connectivity index (χ0v) is 19.4. The highest BCUT2D eigenvalue weighted by Crippen LogP contribution is 2.17. The molecule has 0 unspecified atom stereocenters. The van der Waals surface area contributed by atoms with Crippen LogP contribution in [0.15, 0.2) is 29.2 Å². The number of aryl methyl sites for hydroxylation is 1. The highest BCUT2D eigenvalue weighted by molar-refractivity contribution is 5.96. The molecule has 3 aromatic heterocycles. The molecular formula is C24H30N6O4. The van der Waals surface area contributed by atoms with Crippen LogP contribution in [0.1, 0.15) is 28.8 Å². The molecular weight excluding hydrogens is 436 g/mol. The lowest BCUT2D eigenvalue weighted by Gasteiger charge is -2.26. The summed E-state index contributed by atoms with van der Waals surface area (Å²) in [5, 5.41) is 12.1. The van der Waals surface area contributed by atoms with E-state index in [0.29, 0.717) is 56.1 Å². The van der Waals surface area contributed by atoms with Gasteiger partial charge in [0, 0.05) is 39.0 Å². The van der Waals surface area contributed by atoms with Crippen molar-refractivity contribution in [2.45, 2.75) is 32.4 Å². The van der Waals surface area contributed by atoms with Crippen molar-refractivity contribution < 1.29 is 14.3 Å². The summed E-state index contributed by atoms with van der Waals surface area (Å²) in [4.78, 5) is 33.5. The summed E-state index contributed by atoms with van der Waals surface area (Å²) >= 11 is 0. The first-order chi connectivity index (χ1) is 16.5. The van der Waals surface area contributed by atoms with E-state index in [1.807, 2.05) is 13.0 Å². The SMILES string of the molecule is Cc1ccc2nc3c(cc(C(=O)NCCN4CCOCC4)c(=N)n3C[C@H]3CCCO3)c(=O)n2c1.